The van der Waals surface area contributed by atoms with Crippen molar-refractivity contribution in [3.8, 4) is 11.4 Å². The highest BCUT2D eigenvalue weighted by Gasteiger charge is 2.33. The Balaban J connectivity index is 1.27. The van der Waals surface area contributed by atoms with Crippen LogP contribution in [-0.4, -0.2) is 68.0 Å². The van der Waals surface area contributed by atoms with E-state index in [-0.39, 0.29) is 23.8 Å². The van der Waals surface area contributed by atoms with Crippen LogP contribution in [0.3, 0.4) is 0 Å². The Labute approximate surface area is 214 Å². The fourth-order valence-corrected chi connectivity index (χ4v) is 6.26. The number of likely N-dealkylation sites (tertiary alicyclic amines) is 1. The van der Waals surface area contributed by atoms with Gasteiger partial charge in [0.25, 0.3) is 5.91 Å². The standard InChI is InChI=1S/C26H33N7O2S/c1-2-19-5-3-4-10-32(19)22-15-21(29-23(30-22)20-16-27-33-13-14-36-26(20)33)25(35)31-11-8-18(9-12-31)28-24(34)17-6-7-17/h13-19H,2-12H2,1H3,(H,28,34). The van der Waals surface area contributed by atoms with Crippen molar-refractivity contribution in [2.24, 2.45) is 5.92 Å². The van der Waals surface area contributed by atoms with Gasteiger partial charge in [0.2, 0.25) is 5.91 Å². The number of fused-ring (bicyclic) bond motifs is 1. The zero-order chi connectivity index (χ0) is 24.6. The Morgan fingerprint density at radius 2 is 1.92 bits per heavy atom. The highest BCUT2D eigenvalue weighted by Crippen LogP contribution is 2.31. The molecule has 1 aliphatic carbocycles. The first kappa shape index (κ1) is 23.4. The van der Waals surface area contributed by atoms with Gasteiger partial charge in [-0.05, 0) is 51.4 Å². The van der Waals surface area contributed by atoms with Crippen molar-refractivity contribution < 1.29 is 9.59 Å². The number of amides is 2. The lowest BCUT2D eigenvalue weighted by Gasteiger charge is -2.36. The molecule has 3 aliphatic rings. The molecule has 0 bridgehead atoms. The number of nitrogens with one attached hydrogen (secondary N) is 1. The Bertz CT molecular complexity index is 1260. The predicted molar refractivity (Wildman–Crippen MR) is 139 cm³/mol. The third kappa shape index (κ3) is 4.58. The third-order valence-electron chi connectivity index (χ3n) is 7.77. The zero-order valence-corrected chi connectivity index (χ0v) is 21.5. The highest BCUT2D eigenvalue weighted by molar-refractivity contribution is 7.16. The molecule has 1 N–H and O–H groups in total. The summed E-state index contributed by atoms with van der Waals surface area (Å²) in [6.07, 6.45) is 11.8. The number of aromatic nitrogens is 4. The molecule has 5 heterocycles. The molecule has 1 atom stereocenters. The molecule has 2 amide bonds. The van der Waals surface area contributed by atoms with Gasteiger partial charge >= 0.3 is 0 Å². The molecule has 0 aromatic carbocycles. The molecule has 36 heavy (non-hydrogen) atoms. The van der Waals surface area contributed by atoms with Crippen LogP contribution in [0.2, 0.25) is 0 Å². The van der Waals surface area contributed by atoms with Gasteiger partial charge in [0.1, 0.15) is 16.3 Å². The largest absolute Gasteiger partial charge is 0.354 e. The molecule has 3 fully saturated rings. The lowest BCUT2D eigenvalue weighted by molar-refractivity contribution is -0.123. The van der Waals surface area contributed by atoms with Crippen molar-refractivity contribution >= 4 is 33.8 Å². The molecule has 6 rings (SSSR count). The second-order valence-electron chi connectivity index (χ2n) is 10.2. The van der Waals surface area contributed by atoms with Crippen molar-refractivity contribution in [3.05, 3.63) is 29.5 Å². The summed E-state index contributed by atoms with van der Waals surface area (Å²) in [5, 5.41) is 9.60. The molecule has 10 heteroatoms. The summed E-state index contributed by atoms with van der Waals surface area (Å²) >= 11 is 1.59. The van der Waals surface area contributed by atoms with Crippen LogP contribution in [0.5, 0.6) is 0 Å². The second kappa shape index (κ2) is 9.80. The average Bonchev–Trinajstić information content (AvgIpc) is 3.54. The van der Waals surface area contributed by atoms with Gasteiger partial charge in [-0.15, -0.1) is 11.3 Å². The monoisotopic (exact) mass is 507 g/mol. The Morgan fingerprint density at radius 3 is 2.69 bits per heavy atom. The number of hydrogen-bond donors (Lipinski definition) is 1. The quantitative estimate of drug-likeness (QED) is 0.546. The summed E-state index contributed by atoms with van der Waals surface area (Å²) in [5.41, 5.74) is 1.29. The lowest BCUT2D eigenvalue weighted by Crippen LogP contribution is -2.47. The maximum absolute atomic E-state index is 13.7. The summed E-state index contributed by atoms with van der Waals surface area (Å²) in [4.78, 5) is 40.8. The molecule has 1 unspecified atom stereocenters. The van der Waals surface area contributed by atoms with Crippen LogP contribution in [0.25, 0.3) is 16.2 Å². The predicted octanol–water partition coefficient (Wildman–Crippen LogP) is 3.75. The van der Waals surface area contributed by atoms with Crippen LogP contribution in [0.4, 0.5) is 5.82 Å². The normalized spacial score (nSPS) is 21.2. The zero-order valence-electron chi connectivity index (χ0n) is 20.7. The minimum absolute atomic E-state index is 0.0634. The minimum atomic E-state index is -0.0634. The van der Waals surface area contributed by atoms with Gasteiger partial charge < -0.3 is 15.1 Å². The van der Waals surface area contributed by atoms with Gasteiger partial charge in [-0.3, -0.25) is 9.59 Å². The summed E-state index contributed by atoms with van der Waals surface area (Å²) in [6, 6.07) is 2.46. The van der Waals surface area contributed by atoms with Gasteiger partial charge in [-0.25, -0.2) is 14.5 Å². The summed E-state index contributed by atoms with van der Waals surface area (Å²) in [7, 11) is 0. The first-order valence-corrected chi connectivity index (χ1v) is 14.1. The minimum Gasteiger partial charge on any atom is -0.354 e. The molecule has 2 saturated heterocycles. The Hall–Kier alpha value is -3.01. The maximum atomic E-state index is 13.7. The molecule has 3 aromatic heterocycles. The fourth-order valence-electron chi connectivity index (χ4n) is 5.47. The van der Waals surface area contributed by atoms with Crippen LogP contribution in [0, 0.1) is 5.92 Å². The van der Waals surface area contributed by atoms with Crippen molar-refractivity contribution in [1.82, 2.24) is 29.8 Å². The topological polar surface area (TPSA) is 95.7 Å². The summed E-state index contributed by atoms with van der Waals surface area (Å²) in [5.74, 6) is 1.71. The summed E-state index contributed by atoms with van der Waals surface area (Å²) < 4.78 is 1.83. The van der Waals surface area contributed by atoms with Crippen LogP contribution < -0.4 is 10.2 Å². The number of hydrogen-bond acceptors (Lipinski definition) is 7. The van der Waals surface area contributed by atoms with E-state index in [4.69, 9.17) is 9.97 Å². The van der Waals surface area contributed by atoms with E-state index in [9.17, 15) is 9.59 Å². The molecular weight excluding hydrogens is 474 g/mol. The number of piperidine rings is 2. The number of nitrogens with zero attached hydrogens (tertiary/aromatic N) is 6. The molecule has 1 saturated carbocycles. The van der Waals surface area contributed by atoms with Gasteiger partial charge in [0.15, 0.2) is 5.82 Å². The van der Waals surface area contributed by atoms with E-state index in [1.807, 2.05) is 27.1 Å². The van der Waals surface area contributed by atoms with Crippen LogP contribution in [0.15, 0.2) is 23.8 Å². The van der Waals surface area contributed by atoms with E-state index < -0.39 is 0 Å². The lowest BCUT2D eigenvalue weighted by atomic mass is 10.00. The third-order valence-corrected chi connectivity index (χ3v) is 8.66. The van der Waals surface area contributed by atoms with E-state index in [0.717, 1.165) is 67.7 Å². The molecule has 190 valence electrons. The smallest absolute Gasteiger partial charge is 0.272 e. The maximum Gasteiger partial charge on any atom is 0.272 e. The molecule has 0 spiro atoms. The van der Waals surface area contributed by atoms with Gasteiger partial charge in [-0.1, -0.05) is 6.92 Å². The van der Waals surface area contributed by atoms with Crippen LogP contribution in [-0.2, 0) is 4.79 Å². The van der Waals surface area contributed by atoms with E-state index in [2.05, 4.69) is 22.2 Å². The first-order chi connectivity index (χ1) is 17.6. The number of carbonyl (C=O) groups is 2. The number of anilines is 1. The Morgan fingerprint density at radius 1 is 1.08 bits per heavy atom. The fraction of sp³-hybridized carbons (Fsp3) is 0.577. The molecular formula is C26H33N7O2S. The van der Waals surface area contributed by atoms with Crippen LogP contribution in [0.1, 0.15) is 68.8 Å². The van der Waals surface area contributed by atoms with Crippen molar-refractivity contribution in [3.63, 3.8) is 0 Å². The highest BCUT2D eigenvalue weighted by atomic mass is 32.1. The Kier molecular flexibility index (Phi) is 6.37. The molecule has 9 nitrogen and oxygen atoms in total. The van der Waals surface area contributed by atoms with E-state index >= 15 is 0 Å². The summed E-state index contributed by atoms with van der Waals surface area (Å²) in [6.45, 7) is 4.40. The van der Waals surface area contributed by atoms with E-state index in [1.54, 1.807) is 17.5 Å². The SMILES string of the molecule is CCC1CCCCN1c1cc(C(=O)N2CCC(NC(=O)C3CC3)CC2)nc(-c2cnn3ccsc23)n1. The van der Waals surface area contributed by atoms with Gasteiger partial charge in [0, 0.05) is 55.3 Å². The second-order valence-corrected chi connectivity index (χ2v) is 11.1. The first-order valence-electron chi connectivity index (χ1n) is 13.3. The van der Waals surface area contributed by atoms with Gasteiger partial charge in [-0.2, -0.15) is 5.10 Å². The van der Waals surface area contributed by atoms with E-state index in [1.165, 1.54) is 6.42 Å². The number of thiazole rings is 1. The number of carbonyl (C=O) groups excluding carboxylic acids is 2. The van der Waals surface area contributed by atoms with Crippen molar-refractivity contribution in [2.75, 3.05) is 24.5 Å². The molecule has 2 aliphatic heterocycles. The molecule has 0 radical (unpaired) electrons. The van der Waals surface area contributed by atoms with Crippen molar-refractivity contribution in [2.45, 2.75) is 70.4 Å². The van der Waals surface area contributed by atoms with E-state index in [0.29, 0.717) is 30.6 Å². The van der Waals surface area contributed by atoms with Gasteiger partial charge in [0.05, 0.1) is 11.8 Å². The van der Waals surface area contributed by atoms with Crippen LogP contribution >= 0.6 is 11.3 Å². The molecule has 3 aromatic rings. The van der Waals surface area contributed by atoms with Crippen molar-refractivity contribution in [1.29, 1.82) is 0 Å². The number of rotatable bonds is 6. The average molecular weight is 508 g/mol.